The van der Waals surface area contributed by atoms with E-state index in [0.717, 1.165) is 34.4 Å². The van der Waals surface area contributed by atoms with Crippen LogP contribution in [0.2, 0.25) is 0 Å². The molecule has 3 rings (SSSR count). The molecule has 0 N–H and O–H groups in total. The topological polar surface area (TPSA) is 56.3 Å². The summed E-state index contributed by atoms with van der Waals surface area (Å²) >= 11 is 0. The Balaban J connectivity index is 2.00. The zero-order chi connectivity index (χ0) is 20.3. The van der Waals surface area contributed by atoms with E-state index in [0.29, 0.717) is 30.6 Å². The molecule has 2 aromatic rings. The van der Waals surface area contributed by atoms with Crippen molar-refractivity contribution in [1.82, 2.24) is 4.98 Å². The summed E-state index contributed by atoms with van der Waals surface area (Å²) in [6.07, 6.45) is 3.78. The van der Waals surface area contributed by atoms with E-state index in [4.69, 9.17) is 4.74 Å². The van der Waals surface area contributed by atoms with Crippen LogP contribution in [0.25, 0.3) is 5.57 Å². The van der Waals surface area contributed by atoms with Crippen LogP contribution >= 0.6 is 0 Å². The van der Waals surface area contributed by atoms with Gasteiger partial charge in [-0.1, -0.05) is 30.7 Å². The van der Waals surface area contributed by atoms with Gasteiger partial charge in [-0.15, -0.1) is 0 Å². The third kappa shape index (κ3) is 4.22. The fourth-order valence-electron chi connectivity index (χ4n) is 4.02. The molecule has 4 heteroatoms. The maximum absolute atomic E-state index is 13.4. The SMILES string of the molecule is CCCC(=O)OC1=C(c2c(C)cc(C)cc2C)C(=O)C(Cc2ccccn2)C1. The Kier molecular flexibility index (Phi) is 6.08. The molecule has 1 aliphatic rings. The van der Waals surface area contributed by atoms with Gasteiger partial charge in [-0.05, 0) is 56.0 Å². The smallest absolute Gasteiger partial charge is 0.310 e. The first-order valence-electron chi connectivity index (χ1n) is 9.86. The van der Waals surface area contributed by atoms with Crippen LogP contribution in [0.5, 0.6) is 0 Å². The lowest BCUT2D eigenvalue weighted by Crippen LogP contribution is -2.14. The highest BCUT2D eigenvalue weighted by molar-refractivity contribution is 6.25. The second kappa shape index (κ2) is 8.51. The van der Waals surface area contributed by atoms with Crippen molar-refractivity contribution in [3.63, 3.8) is 0 Å². The van der Waals surface area contributed by atoms with Crippen LogP contribution in [0.1, 0.15) is 54.1 Å². The average Bonchev–Trinajstić information content (AvgIpc) is 2.91. The summed E-state index contributed by atoms with van der Waals surface area (Å²) < 4.78 is 5.70. The van der Waals surface area contributed by atoms with Crippen molar-refractivity contribution >= 4 is 17.3 Å². The second-order valence-corrected chi connectivity index (χ2v) is 7.59. The predicted octanol–water partition coefficient (Wildman–Crippen LogP) is 4.89. The third-order valence-electron chi connectivity index (χ3n) is 5.13. The molecule has 146 valence electrons. The highest BCUT2D eigenvalue weighted by Crippen LogP contribution is 2.40. The summed E-state index contributed by atoms with van der Waals surface area (Å²) in [6.45, 7) is 8.00. The number of aromatic nitrogens is 1. The lowest BCUT2D eigenvalue weighted by atomic mass is 9.90. The zero-order valence-electron chi connectivity index (χ0n) is 17.0. The quantitative estimate of drug-likeness (QED) is 0.672. The highest BCUT2D eigenvalue weighted by Gasteiger charge is 2.37. The Morgan fingerprint density at radius 3 is 2.50 bits per heavy atom. The number of carbonyl (C=O) groups is 2. The van der Waals surface area contributed by atoms with E-state index >= 15 is 0 Å². The van der Waals surface area contributed by atoms with Gasteiger partial charge in [0.05, 0.1) is 5.57 Å². The first kappa shape index (κ1) is 20.0. The molecule has 1 heterocycles. The number of aryl methyl sites for hydroxylation is 3. The minimum Gasteiger partial charge on any atom is -0.430 e. The molecule has 0 radical (unpaired) electrons. The van der Waals surface area contributed by atoms with Crippen LogP contribution in [-0.4, -0.2) is 16.7 Å². The first-order chi connectivity index (χ1) is 13.4. The third-order valence-corrected chi connectivity index (χ3v) is 5.13. The van der Waals surface area contributed by atoms with Crippen molar-refractivity contribution in [3.8, 4) is 0 Å². The maximum atomic E-state index is 13.4. The van der Waals surface area contributed by atoms with E-state index < -0.39 is 0 Å². The summed E-state index contributed by atoms with van der Waals surface area (Å²) in [5.74, 6) is 0.0255. The fraction of sp³-hybridized carbons (Fsp3) is 0.375. The molecule has 4 nitrogen and oxygen atoms in total. The van der Waals surface area contributed by atoms with Gasteiger partial charge in [0.25, 0.3) is 0 Å². The highest BCUT2D eigenvalue weighted by atomic mass is 16.5. The van der Waals surface area contributed by atoms with Crippen LogP contribution in [-0.2, 0) is 20.7 Å². The fourth-order valence-corrected chi connectivity index (χ4v) is 4.02. The molecule has 0 bridgehead atoms. The molecule has 0 fully saturated rings. The Hall–Kier alpha value is -2.75. The predicted molar refractivity (Wildman–Crippen MR) is 110 cm³/mol. The molecular weight excluding hydrogens is 350 g/mol. The van der Waals surface area contributed by atoms with Gasteiger partial charge in [-0.25, -0.2) is 0 Å². The molecule has 1 aliphatic carbocycles. The van der Waals surface area contributed by atoms with Crippen LogP contribution in [0.15, 0.2) is 42.3 Å². The van der Waals surface area contributed by atoms with Gasteiger partial charge in [0, 0.05) is 37.1 Å². The van der Waals surface area contributed by atoms with E-state index in [1.165, 1.54) is 0 Å². The van der Waals surface area contributed by atoms with Crippen molar-refractivity contribution < 1.29 is 14.3 Å². The van der Waals surface area contributed by atoms with Crippen LogP contribution in [0.3, 0.4) is 0 Å². The summed E-state index contributed by atoms with van der Waals surface area (Å²) in [4.78, 5) is 29.9. The van der Waals surface area contributed by atoms with E-state index in [2.05, 4.69) is 17.1 Å². The molecule has 1 aromatic carbocycles. The normalized spacial score (nSPS) is 16.6. The number of hydrogen-bond donors (Lipinski definition) is 0. The first-order valence-corrected chi connectivity index (χ1v) is 9.86. The van der Waals surface area contributed by atoms with Gasteiger partial charge in [-0.2, -0.15) is 0 Å². The number of nitrogens with zero attached hydrogens (tertiary/aromatic N) is 1. The van der Waals surface area contributed by atoms with E-state index in [9.17, 15) is 9.59 Å². The monoisotopic (exact) mass is 377 g/mol. The molecule has 28 heavy (non-hydrogen) atoms. The molecular formula is C24H27NO3. The number of pyridine rings is 1. The number of hydrogen-bond acceptors (Lipinski definition) is 4. The number of ether oxygens (including phenoxy) is 1. The van der Waals surface area contributed by atoms with Gasteiger partial charge in [-0.3, -0.25) is 14.6 Å². The Morgan fingerprint density at radius 2 is 1.89 bits per heavy atom. The Bertz CT molecular complexity index is 905. The van der Waals surface area contributed by atoms with E-state index in [-0.39, 0.29) is 17.7 Å². The minimum atomic E-state index is -0.274. The van der Waals surface area contributed by atoms with Gasteiger partial charge in [0.15, 0.2) is 5.78 Å². The number of esters is 1. The number of benzene rings is 1. The van der Waals surface area contributed by atoms with Gasteiger partial charge >= 0.3 is 5.97 Å². The van der Waals surface area contributed by atoms with Crippen molar-refractivity contribution in [2.75, 3.05) is 0 Å². The molecule has 0 spiro atoms. The maximum Gasteiger partial charge on any atom is 0.310 e. The standard InChI is InChI=1S/C24H27NO3/c1-5-8-21(26)28-20-14-18(13-19-9-6-7-10-25-19)24(27)23(20)22-16(3)11-15(2)12-17(22)4/h6-7,9-12,18H,5,8,13-14H2,1-4H3. The molecule has 0 aliphatic heterocycles. The second-order valence-electron chi connectivity index (χ2n) is 7.59. The number of carbonyl (C=O) groups excluding carboxylic acids is 2. The van der Waals surface area contributed by atoms with Crippen LogP contribution in [0.4, 0.5) is 0 Å². The average molecular weight is 377 g/mol. The number of ketones is 1. The summed E-state index contributed by atoms with van der Waals surface area (Å²) in [5, 5.41) is 0. The van der Waals surface area contributed by atoms with Crippen molar-refractivity contribution in [2.24, 2.45) is 5.92 Å². The lowest BCUT2D eigenvalue weighted by molar-refractivity contribution is -0.139. The molecule has 1 aromatic heterocycles. The van der Waals surface area contributed by atoms with Gasteiger partial charge in [0.1, 0.15) is 5.76 Å². The Morgan fingerprint density at radius 1 is 1.18 bits per heavy atom. The van der Waals surface area contributed by atoms with Gasteiger partial charge in [0.2, 0.25) is 0 Å². The van der Waals surface area contributed by atoms with Crippen molar-refractivity contribution in [1.29, 1.82) is 0 Å². The van der Waals surface area contributed by atoms with Gasteiger partial charge < -0.3 is 4.74 Å². The molecule has 0 saturated heterocycles. The van der Waals surface area contributed by atoms with Crippen LogP contribution in [0, 0.1) is 26.7 Å². The van der Waals surface area contributed by atoms with Crippen LogP contribution < -0.4 is 0 Å². The largest absolute Gasteiger partial charge is 0.430 e. The lowest BCUT2D eigenvalue weighted by Gasteiger charge is -2.14. The van der Waals surface area contributed by atoms with E-state index in [1.807, 2.05) is 45.9 Å². The van der Waals surface area contributed by atoms with E-state index in [1.54, 1.807) is 6.20 Å². The summed E-state index contributed by atoms with van der Waals surface area (Å²) in [7, 11) is 0. The van der Waals surface area contributed by atoms with Crippen molar-refractivity contribution in [3.05, 3.63) is 70.2 Å². The Labute approximate surface area is 166 Å². The zero-order valence-corrected chi connectivity index (χ0v) is 17.0. The van der Waals surface area contributed by atoms with Crippen molar-refractivity contribution in [2.45, 2.75) is 53.4 Å². The summed E-state index contributed by atoms with van der Waals surface area (Å²) in [5.41, 5.74) is 5.56. The molecule has 1 unspecified atom stereocenters. The molecule has 0 saturated carbocycles. The number of Topliss-reactive ketones (excluding diaryl/α,β-unsaturated/α-hetero) is 1. The number of rotatable bonds is 6. The molecule has 0 amide bonds. The minimum absolute atomic E-state index is 0.0417. The molecule has 1 atom stereocenters. The number of allylic oxidation sites excluding steroid dienone is 2. The summed E-state index contributed by atoms with van der Waals surface area (Å²) in [6, 6.07) is 9.85.